The smallest absolute Gasteiger partial charge is 0.234 e. The minimum Gasteiger partial charge on any atom is -0.325 e. The van der Waals surface area contributed by atoms with Crippen LogP contribution in [0.2, 0.25) is 0 Å². The van der Waals surface area contributed by atoms with Crippen LogP contribution in [0.1, 0.15) is 35.7 Å². The average Bonchev–Trinajstić information content (AvgIpc) is 3.07. The highest BCUT2D eigenvalue weighted by Gasteiger charge is 2.17. The lowest BCUT2D eigenvalue weighted by molar-refractivity contribution is -0.113. The molecule has 0 bridgehead atoms. The lowest BCUT2D eigenvalue weighted by Gasteiger charge is -2.08. The van der Waals surface area contributed by atoms with E-state index in [1.807, 2.05) is 30.3 Å². The van der Waals surface area contributed by atoms with Crippen molar-refractivity contribution in [1.82, 2.24) is 4.98 Å². The van der Waals surface area contributed by atoms with Gasteiger partial charge in [-0.1, -0.05) is 30.8 Å². The van der Waals surface area contributed by atoms with Crippen LogP contribution in [-0.4, -0.2) is 16.6 Å². The summed E-state index contributed by atoms with van der Waals surface area (Å²) in [6.45, 7) is 2.10. The lowest BCUT2D eigenvalue weighted by atomic mass is 10.1. The van der Waals surface area contributed by atoms with E-state index < -0.39 is 0 Å². The molecular formula is C19H19N3OS. The third-order valence-electron chi connectivity index (χ3n) is 4.12. The Bertz CT molecular complexity index is 793. The van der Waals surface area contributed by atoms with E-state index in [0.717, 1.165) is 37.1 Å². The monoisotopic (exact) mass is 337 g/mol. The van der Waals surface area contributed by atoms with E-state index in [0.29, 0.717) is 10.6 Å². The fourth-order valence-corrected chi connectivity index (χ4v) is 3.57. The van der Waals surface area contributed by atoms with Gasteiger partial charge in [-0.25, -0.2) is 4.98 Å². The van der Waals surface area contributed by atoms with Crippen molar-refractivity contribution in [3.63, 3.8) is 0 Å². The molecule has 1 heterocycles. The fraction of sp³-hybridized carbons (Fsp3) is 0.316. The number of hydrogen-bond donors (Lipinski definition) is 1. The maximum atomic E-state index is 12.1. The summed E-state index contributed by atoms with van der Waals surface area (Å²) in [5.41, 5.74) is 4.85. The second-order valence-electron chi connectivity index (χ2n) is 5.80. The first kappa shape index (κ1) is 16.5. The van der Waals surface area contributed by atoms with Crippen LogP contribution in [-0.2, 0) is 24.1 Å². The fourth-order valence-electron chi connectivity index (χ4n) is 2.80. The van der Waals surface area contributed by atoms with Crippen LogP contribution >= 0.6 is 11.8 Å². The first-order chi connectivity index (χ1) is 11.7. The van der Waals surface area contributed by atoms with Gasteiger partial charge in [0.25, 0.3) is 0 Å². The number of amides is 1. The summed E-state index contributed by atoms with van der Waals surface area (Å²) >= 11 is 1.33. The van der Waals surface area contributed by atoms with Gasteiger partial charge in [-0.05, 0) is 55.0 Å². The van der Waals surface area contributed by atoms with Gasteiger partial charge in [-0.15, -0.1) is 0 Å². The maximum Gasteiger partial charge on any atom is 0.234 e. The zero-order valence-electron chi connectivity index (χ0n) is 13.6. The van der Waals surface area contributed by atoms with E-state index in [9.17, 15) is 10.1 Å². The molecule has 0 unspecified atom stereocenters. The maximum absolute atomic E-state index is 12.1. The number of aromatic nitrogens is 1. The minimum atomic E-state index is -0.0876. The predicted molar refractivity (Wildman–Crippen MR) is 96.2 cm³/mol. The molecule has 1 aromatic carbocycles. The first-order valence-corrected chi connectivity index (χ1v) is 9.12. The molecule has 0 fully saturated rings. The number of carbonyl (C=O) groups is 1. The molecule has 0 aliphatic heterocycles. The summed E-state index contributed by atoms with van der Waals surface area (Å²) in [4.78, 5) is 16.7. The van der Waals surface area contributed by atoms with Gasteiger partial charge in [0.1, 0.15) is 11.1 Å². The van der Waals surface area contributed by atoms with Crippen molar-refractivity contribution in [2.45, 2.75) is 37.6 Å². The number of carbonyl (C=O) groups excluding carboxylic acids is 1. The highest BCUT2D eigenvalue weighted by Crippen LogP contribution is 2.27. The molecule has 1 aliphatic carbocycles. The van der Waals surface area contributed by atoms with Gasteiger partial charge in [0.05, 0.1) is 11.3 Å². The Morgan fingerprint density at radius 2 is 2.12 bits per heavy atom. The molecule has 122 valence electrons. The SMILES string of the molecule is CCc1ccc(NC(=O)CSc2nc3c(cc2C#N)CCC3)cc1. The van der Waals surface area contributed by atoms with Crippen molar-refractivity contribution in [3.05, 3.63) is 52.7 Å². The standard InChI is InChI=1S/C19H19N3OS/c1-2-13-6-8-16(9-7-13)21-18(23)12-24-19-15(11-20)10-14-4-3-5-17(14)22-19/h6-10H,2-5,12H2,1H3,(H,21,23). The van der Waals surface area contributed by atoms with Gasteiger partial charge in [0, 0.05) is 11.4 Å². The topological polar surface area (TPSA) is 65.8 Å². The molecule has 1 aromatic heterocycles. The molecule has 5 heteroatoms. The molecular weight excluding hydrogens is 318 g/mol. The predicted octanol–water partition coefficient (Wildman–Crippen LogP) is 3.74. The number of hydrogen-bond acceptors (Lipinski definition) is 4. The Kier molecular flexibility index (Phi) is 5.17. The molecule has 0 atom stereocenters. The number of nitriles is 1. The quantitative estimate of drug-likeness (QED) is 0.844. The van der Waals surface area contributed by atoms with E-state index in [4.69, 9.17) is 0 Å². The molecule has 1 aliphatic rings. The van der Waals surface area contributed by atoms with Gasteiger partial charge in [-0.2, -0.15) is 5.26 Å². The van der Waals surface area contributed by atoms with Crippen LogP contribution in [0, 0.1) is 11.3 Å². The summed E-state index contributed by atoms with van der Waals surface area (Å²) in [5, 5.41) is 12.8. The summed E-state index contributed by atoms with van der Waals surface area (Å²) in [6, 6.07) is 12.0. The zero-order valence-corrected chi connectivity index (χ0v) is 14.4. The first-order valence-electron chi connectivity index (χ1n) is 8.14. The number of nitrogens with one attached hydrogen (secondary N) is 1. The van der Waals surface area contributed by atoms with Crippen LogP contribution in [0.5, 0.6) is 0 Å². The van der Waals surface area contributed by atoms with E-state index in [1.54, 1.807) is 0 Å². The Morgan fingerprint density at radius 3 is 2.83 bits per heavy atom. The number of benzene rings is 1. The molecule has 24 heavy (non-hydrogen) atoms. The summed E-state index contributed by atoms with van der Waals surface area (Å²) in [5.74, 6) is 0.158. The molecule has 0 saturated carbocycles. The van der Waals surface area contributed by atoms with Crippen LogP contribution in [0.25, 0.3) is 0 Å². The summed E-state index contributed by atoms with van der Waals surface area (Å²) < 4.78 is 0. The van der Waals surface area contributed by atoms with Crippen molar-refractivity contribution in [2.24, 2.45) is 0 Å². The number of rotatable bonds is 5. The highest BCUT2D eigenvalue weighted by atomic mass is 32.2. The summed E-state index contributed by atoms with van der Waals surface area (Å²) in [6.07, 6.45) is 4.03. The Labute approximate surface area is 146 Å². The lowest BCUT2D eigenvalue weighted by Crippen LogP contribution is -2.14. The van der Waals surface area contributed by atoms with E-state index in [1.165, 1.54) is 22.9 Å². The zero-order chi connectivity index (χ0) is 16.9. The number of anilines is 1. The average molecular weight is 337 g/mol. The Balaban J connectivity index is 1.63. The second-order valence-corrected chi connectivity index (χ2v) is 6.76. The number of pyridine rings is 1. The molecule has 0 radical (unpaired) electrons. The van der Waals surface area contributed by atoms with Crippen LogP contribution in [0.15, 0.2) is 35.4 Å². The molecule has 0 spiro atoms. The number of fused-ring (bicyclic) bond motifs is 1. The molecule has 0 saturated heterocycles. The van der Waals surface area contributed by atoms with Crippen molar-refractivity contribution >= 4 is 23.4 Å². The van der Waals surface area contributed by atoms with Crippen molar-refractivity contribution < 1.29 is 4.79 Å². The van der Waals surface area contributed by atoms with Crippen LogP contribution < -0.4 is 5.32 Å². The molecule has 3 rings (SSSR count). The molecule has 1 amide bonds. The second kappa shape index (κ2) is 7.50. The van der Waals surface area contributed by atoms with Gasteiger partial charge in [0.15, 0.2) is 0 Å². The van der Waals surface area contributed by atoms with E-state index >= 15 is 0 Å². The largest absolute Gasteiger partial charge is 0.325 e. The van der Waals surface area contributed by atoms with Gasteiger partial charge in [-0.3, -0.25) is 4.79 Å². The van der Waals surface area contributed by atoms with Gasteiger partial charge >= 0.3 is 0 Å². The number of nitrogens with zero attached hydrogens (tertiary/aromatic N) is 2. The Morgan fingerprint density at radius 1 is 1.33 bits per heavy atom. The number of aryl methyl sites for hydroxylation is 3. The highest BCUT2D eigenvalue weighted by molar-refractivity contribution is 8.00. The molecule has 1 N–H and O–H groups in total. The normalized spacial score (nSPS) is 12.5. The van der Waals surface area contributed by atoms with Crippen LogP contribution in [0.3, 0.4) is 0 Å². The molecule has 4 nitrogen and oxygen atoms in total. The number of thioether (sulfide) groups is 1. The third-order valence-corrected chi connectivity index (χ3v) is 5.11. The van der Waals surface area contributed by atoms with Gasteiger partial charge in [0.2, 0.25) is 5.91 Å². The van der Waals surface area contributed by atoms with Crippen LogP contribution in [0.4, 0.5) is 5.69 Å². The van der Waals surface area contributed by atoms with E-state index in [-0.39, 0.29) is 11.7 Å². The van der Waals surface area contributed by atoms with Gasteiger partial charge < -0.3 is 5.32 Å². The van der Waals surface area contributed by atoms with Crippen molar-refractivity contribution in [2.75, 3.05) is 11.1 Å². The molecule has 2 aromatic rings. The Hall–Kier alpha value is -2.32. The van der Waals surface area contributed by atoms with Crippen molar-refractivity contribution in [1.29, 1.82) is 5.26 Å². The van der Waals surface area contributed by atoms with Crippen molar-refractivity contribution in [3.8, 4) is 6.07 Å². The van der Waals surface area contributed by atoms with E-state index in [2.05, 4.69) is 23.3 Å². The summed E-state index contributed by atoms with van der Waals surface area (Å²) in [7, 11) is 0. The third kappa shape index (κ3) is 3.77. The minimum absolute atomic E-state index is 0.0876.